The number of methoxy groups -OCH3 is 1. The summed E-state index contributed by atoms with van der Waals surface area (Å²) in [7, 11) is 1.62. The van der Waals surface area contributed by atoms with Gasteiger partial charge in [-0.15, -0.1) is 11.3 Å². The second-order valence-corrected chi connectivity index (χ2v) is 6.42. The number of hydrogen-bond donors (Lipinski definition) is 1. The number of aromatic nitrogens is 2. The first kappa shape index (κ1) is 14.9. The van der Waals surface area contributed by atoms with E-state index >= 15 is 0 Å². The largest absolute Gasteiger partial charge is 0.494 e. The van der Waals surface area contributed by atoms with Crippen molar-refractivity contribution in [3.8, 4) is 5.75 Å². The van der Waals surface area contributed by atoms with Gasteiger partial charge in [-0.25, -0.2) is 9.97 Å². The van der Waals surface area contributed by atoms with Crippen molar-refractivity contribution < 1.29 is 9.53 Å². The average Bonchev–Trinajstić information content (AvgIpc) is 3.24. The number of anilines is 3. The summed E-state index contributed by atoms with van der Waals surface area (Å²) in [5, 5.41) is 6.29. The quantitative estimate of drug-likeness (QED) is 0.786. The number of rotatable bonds is 4. The van der Waals surface area contributed by atoms with Crippen molar-refractivity contribution in [2.45, 2.75) is 12.8 Å². The smallest absolute Gasteiger partial charge is 0.227 e. The topological polar surface area (TPSA) is 67.3 Å². The molecule has 1 amide bonds. The number of fused-ring (bicyclic) bond motifs is 1. The van der Waals surface area contributed by atoms with E-state index < -0.39 is 0 Å². The molecule has 2 aromatic heterocycles. The zero-order valence-electron chi connectivity index (χ0n) is 13.2. The highest BCUT2D eigenvalue weighted by molar-refractivity contribution is 7.16. The van der Waals surface area contributed by atoms with Gasteiger partial charge in [-0.05, 0) is 30.0 Å². The van der Waals surface area contributed by atoms with Crippen molar-refractivity contribution in [3.05, 3.63) is 36.0 Å². The molecule has 6 nitrogen and oxygen atoms in total. The molecule has 24 heavy (non-hydrogen) atoms. The van der Waals surface area contributed by atoms with Crippen LogP contribution in [-0.4, -0.2) is 29.5 Å². The molecule has 0 saturated carbocycles. The molecule has 1 N–H and O–H groups in total. The molecule has 4 rings (SSSR count). The highest BCUT2D eigenvalue weighted by Gasteiger charge is 2.24. The van der Waals surface area contributed by atoms with Crippen LogP contribution in [0, 0.1) is 0 Å². The van der Waals surface area contributed by atoms with Crippen LogP contribution in [0.1, 0.15) is 12.8 Å². The zero-order valence-corrected chi connectivity index (χ0v) is 14.0. The molecule has 0 spiro atoms. The molecular weight excluding hydrogens is 324 g/mol. The lowest BCUT2D eigenvalue weighted by Crippen LogP contribution is -2.24. The molecule has 1 aromatic carbocycles. The van der Waals surface area contributed by atoms with E-state index in [1.807, 2.05) is 29.6 Å². The molecule has 3 heterocycles. The molecule has 7 heteroatoms. The minimum atomic E-state index is 0.143. The monoisotopic (exact) mass is 340 g/mol. The molecule has 0 unspecified atom stereocenters. The molecule has 1 aliphatic rings. The molecule has 0 atom stereocenters. The zero-order chi connectivity index (χ0) is 16.5. The molecular formula is C17H16N4O2S. The fourth-order valence-corrected chi connectivity index (χ4v) is 3.64. The predicted octanol–water partition coefficient (Wildman–Crippen LogP) is 3.57. The van der Waals surface area contributed by atoms with Crippen LogP contribution in [0.4, 0.5) is 17.2 Å². The van der Waals surface area contributed by atoms with E-state index in [2.05, 4.69) is 15.3 Å². The van der Waals surface area contributed by atoms with Crippen molar-refractivity contribution in [3.63, 3.8) is 0 Å². The molecule has 122 valence electrons. The van der Waals surface area contributed by atoms with Crippen LogP contribution in [0.15, 0.2) is 36.0 Å². The van der Waals surface area contributed by atoms with Gasteiger partial charge < -0.3 is 15.0 Å². The van der Waals surface area contributed by atoms with Crippen LogP contribution in [-0.2, 0) is 4.79 Å². The van der Waals surface area contributed by atoms with Crippen molar-refractivity contribution in [2.24, 2.45) is 0 Å². The molecule has 1 fully saturated rings. The Morgan fingerprint density at radius 2 is 2.21 bits per heavy atom. The van der Waals surface area contributed by atoms with Gasteiger partial charge >= 0.3 is 0 Å². The molecule has 0 aliphatic carbocycles. The summed E-state index contributed by atoms with van der Waals surface area (Å²) in [6, 6.07) is 7.73. The summed E-state index contributed by atoms with van der Waals surface area (Å²) < 4.78 is 5.49. The number of nitrogens with one attached hydrogen (secondary N) is 1. The third kappa shape index (κ3) is 2.56. The Morgan fingerprint density at radius 1 is 1.29 bits per heavy atom. The van der Waals surface area contributed by atoms with E-state index in [1.54, 1.807) is 29.7 Å². The molecule has 0 bridgehead atoms. The van der Waals surface area contributed by atoms with Gasteiger partial charge in [-0.1, -0.05) is 0 Å². The second kappa shape index (κ2) is 6.09. The Labute approximate surface area is 143 Å². The number of nitrogens with zero attached hydrogens (tertiary/aromatic N) is 3. The maximum absolute atomic E-state index is 12.0. The molecule has 1 saturated heterocycles. The summed E-state index contributed by atoms with van der Waals surface area (Å²) in [6.07, 6.45) is 3.04. The van der Waals surface area contributed by atoms with Gasteiger partial charge in [0.15, 0.2) is 0 Å². The van der Waals surface area contributed by atoms with Crippen LogP contribution in [0.3, 0.4) is 0 Å². The van der Waals surface area contributed by atoms with Crippen LogP contribution in [0.2, 0.25) is 0 Å². The Kier molecular flexibility index (Phi) is 3.78. The first-order chi connectivity index (χ1) is 11.8. The lowest BCUT2D eigenvalue weighted by molar-refractivity contribution is -0.117. The van der Waals surface area contributed by atoms with E-state index in [1.165, 1.54) is 0 Å². The lowest BCUT2D eigenvalue weighted by Gasteiger charge is -2.19. The fraction of sp³-hybridized carbons (Fsp3) is 0.235. The van der Waals surface area contributed by atoms with Gasteiger partial charge in [0.1, 0.15) is 22.7 Å². The summed E-state index contributed by atoms with van der Waals surface area (Å²) in [6.45, 7) is 0.739. The number of carbonyl (C=O) groups excluding carboxylic acids is 1. The summed E-state index contributed by atoms with van der Waals surface area (Å²) in [5.74, 6) is 1.57. The van der Waals surface area contributed by atoms with E-state index in [-0.39, 0.29) is 5.91 Å². The van der Waals surface area contributed by atoms with Crippen LogP contribution >= 0.6 is 11.3 Å². The van der Waals surface area contributed by atoms with E-state index in [0.29, 0.717) is 12.2 Å². The normalized spacial score (nSPS) is 14.4. The SMILES string of the molecule is COc1cc(Nc2ncnc3sccc23)ccc1N1CCCC1=O. The second-order valence-electron chi connectivity index (χ2n) is 5.52. The Bertz CT molecular complexity index is 908. The standard InChI is InChI=1S/C17H16N4O2S/c1-23-14-9-11(4-5-13(14)21-7-2-3-15(21)22)20-16-12-6-8-24-17(12)19-10-18-16/h4-6,8-10H,2-3,7H2,1H3,(H,18,19,20). The number of benzene rings is 1. The van der Waals surface area contributed by atoms with Gasteiger partial charge in [-0.3, -0.25) is 4.79 Å². The van der Waals surface area contributed by atoms with Crippen molar-refractivity contribution >= 4 is 44.7 Å². The lowest BCUT2D eigenvalue weighted by atomic mass is 10.2. The maximum Gasteiger partial charge on any atom is 0.227 e. The molecule has 1 aliphatic heterocycles. The van der Waals surface area contributed by atoms with E-state index in [9.17, 15) is 4.79 Å². The van der Waals surface area contributed by atoms with Crippen molar-refractivity contribution in [1.29, 1.82) is 0 Å². The first-order valence-corrected chi connectivity index (χ1v) is 8.58. The van der Waals surface area contributed by atoms with Gasteiger partial charge in [0, 0.05) is 24.7 Å². The van der Waals surface area contributed by atoms with Crippen LogP contribution in [0.5, 0.6) is 5.75 Å². The number of hydrogen-bond acceptors (Lipinski definition) is 6. The Balaban J connectivity index is 1.67. The summed E-state index contributed by atoms with van der Waals surface area (Å²) in [4.78, 5) is 23.3. The third-order valence-electron chi connectivity index (χ3n) is 4.07. The van der Waals surface area contributed by atoms with Gasteiger partial charge in [0.25, 0.3) is 0 Å². The predicted molar refractivity (Wildman–Crippen MR) is 95.3 cm³/mol. The third-order valence-corrected chi connectivity index (χ3v) is 4.89. The number of ether oxygens (including phenoxy) is 1. The van der Waals surface area contributed by atoms with Crippen LogP contribution in [0.25, 0.3) is 10.2 Å². The van der Waals surface area contributed by atoms with Gasteiger partial charge in [0.05, 0.1) is 18.2 Å². The molecule has 3 aromatic rings. The first-order valence-electron chi connectivity index (χ1n) is 7.70. The van der Waals surface area contributed by atoms with Gasteiger partial charge in [0.2, 0.25) is 5.91 Å². The summed E-state index contributed by atoms with van der Waals surface area (Å²) >= 11 is 1.58. The maximum atomic E-state index is 12.0. The van der Waals surface area contributed by atoms with Crippen LogP contribution < -0.4 is 15.0 Å². The molecule has 0 radical (unpaired) electrons. The van der Waals surface area contributed by atoms with Crippen molar-refractivity contribution in [2.75, 3.05) is 23.9 Å². The minimum absolute atomic E-state index is 0.143. The Hall–Kier alpha value is -2.67. The number of carbonyl (C=O) groups is 1. The number of thiophene rings is 1. The fourth-order valence-electron chi connectivity index (χ4n) is 2.91. The average molecular weight is 340 g/mol. The highest BCUT2D eigenvalue weighted by Crippen LogP contribution is 2.35. The minimum Gasteiger partial charge on any atom is -0.494 e. The van der Waals surface area contributed by atoms with Crippen molar-refractivity contribution in [1.82, 2.24) is 9.97 Å². The number of amides is 1. The summed E-state index contributed by atoms with van der Waals surface area (Å²) in [5.41, 5.74) is 1.67. The highest BCUT2D eigenvalue weighted by atomic mass is 32.1. The van der Waals surface area contributed by atoms with E-state index in [4.69, 9.17) is 4.74 Å². The van der Waals surface area contributed by atoms with Gasteiger partial charge in [-0.2, -0.15) is 0 Å². The Morgan fingerprint density at radius 3 is 3.00 bits per heavy atom. The van der Waals surface area contributed by atoms with E-state index in [0.717, 1.165) is 40.4 Å².